The van der Waals surface area contributed by atoms with Crippen LogP contribution < -0.4 is 14.8 Å². The van der Waals surface area contributed by atoms with E-state index in [1.807, 2.05) is 36.5 Å². The molecule has 0 bridgehead atoms. The molecule has 0 spiro atoms. The molecule has 1 aromatic heterocycles. The van der Waals surface area contributed by atoms with Gasteiger partial charge in [-0.3, -0.25) is 14.7 Å². The van der Waals surface area contributed by atoms with E-state index in [1.54, 1.807) is 20.4 Å². The highest BCUT2D eigenvalue weighted by molar-refractivity contribution is 5.82. The minimum atomic E-state index is -0.232. The number of benzene rings is 2. The molecule has 2 heterocycles. The lowest BCUT2D eigenvalue weighted by Gasteiger charge is -2.35. The second-order valence-electron chi connectivity index (χ2n) is 7.60. The van der Waals surface area contributed by atoms with E-state index in [4.69, 9.17) is 9.47 Å². The van der Waals surface area contributed by atoms with Gasteiger partial charge in [-0.25, -0.2) is 0 Å². The predicted molar refractivity (Wildman–Crippen MR) is 120 cm³/mol. The Balaban J connectivity index is 1.51. The Morgan fingerprint density at radius 3 is 2.61 bits per heavy atom. The fraction of sp³-hybridized carbons (Fsp3) is 0.280. The van der Waals surface area contributed by atoms with Crippen molar-refractivity contribution in [3.8, 4) is 22.6 Å². The third-order valence-corrected chi connectivity index (χ3v) is 5.69. The molecule has 6 heteroatoms. The molecule has 3 aromatic rings. The summed E-state index contributed by atoms with van der Waals surface area (Å²) in [6, 6.07) is 17.9. The largest absolute Gasteiger partial charge is 0.497 e. The van der Waals surface area contributed by atoms with Crippen LogP contribution in [0.1, 0.15) is 11.1 Å². The summed E-state index contributed by atoms with van der Waals surface area (Å²) in [7, 11) is 3.29. The maximum atomic E-state index is 12.7. The van der Waals surface area contributed by atoms with Crippen molar-refractivity contribution in [3.63, 3.8) is 0 Å². The van der Waals surface area contributed by atoms with Gasteiger partial charge in [-0.1, -0.05) is 36.4 Å². The minimum Gasteiger partial charge on any atom is -0.497 e. The number of rotatable bonds is 7. The fourth-order valence-corrected chi connectivity index (χ4v) is 3.96. The lowest BCUT2D eigenvalue weighted by atomic mass is 9.98. The van der Waals surface area contributed by atoms with Gasteiger partial charge in [-0.05, 0) is 35.2 Å². The molecule has 1 fully saturated rings. The topological polar surface area (TPSA) is 63.7 Å². The Hall–Kier alpha value is -3.38. The van der Waals surface area contributed by atoms with Gasteiger partial charge in [-0.15, -0.1) is 0 Å². The van der Waals surface area contributed by atoms with E-state index in [0.29, 0.717) is 19.5 Å². The first kappa shape index (κ1) is 20.9. The molecule has 1 saturated heterocycles. The van der Waals surface area contributed by atoms with Gasteiger partial charge in [0.25, 0.3) is 0 Å². The number of ether oxygens (including phenoxy) is 2. The number of aromatic nitrogens is 1. The standard InChI is InChI=1S/C25H27N3O3/c1-30-22-10-9-21(24(15-22)31-2)17-28-13-12-27-25(29)23(28)14-18-5-7-19(8-6-18)20-4-3-11-26-16-20/h3-11,15-16,23H,12-14,17H2,1-2H3,(H,27,29)/t23-/m0/s1. The summed E-state index contributed by atoms with van der Waals surface area (Å²) < 4.78 is 10.9. The molecule has 0 saturated carbocycles. The van der Waals surface area contributed by atoms with Crippen molar-refractivity contribution in [2.75, 3.05) is 27.3 Å². The first-order chi connectivity index (χ1) is 15.2. The van der Waals surface area contributed by atoms with Crippen LogP contribution in [-0.4, -0.2) is 49.1 Å². The molecular formula is C25H27N3O3. The van der Waals surface area contributed by atoms with E-state index >= 15 is 0 Å². The number of nitrogens with zero attached hydrogens (tertiary/aromatic N) is 2. The summed E-state index contributed by atoms with van der Waals surface area (Å²) in [5.41, 5.74) is 4.36. The van der Waals surface area contributed by atoms with Crippen molar-refractivity contribution in [1.29, 1.82) is 0 Å². The Morgan fingerprint density at radius 1 is 1.06 bits per heavy atom. The van der Waals surface area contributed by atoms with Crippen LogP contribution in [0.25, 0.3) is 11.1 Å². The predicted octanol–water partition coefficient (Wildman–Crippen LogP) is 3.31. The maximum absolute atomic E-state index is 12.7. The van der Waals surface area contributed by atoms with Gasteiger partial charge < -0.3 is 14.8 Å². The van der Waals surface area contributed by atoms with Crippen LogP contribution in [0, 0.1) is 0 Å². The van der Waals surface area contributed by atoms with Crippen molar-refractivity contribution in [3.05, 3.63) is 78.1 Å². The smallest absolute Gasteiger partial charge is 0.237 e. The number of pyridine rings is 1. The SMILES string of the molecule is COc1ccc(CN2CCNC(=O)[C@@H]2Cc2ccc(-c3cccnc3)cc2)c(OC)c1. The number of nitrogens with one attached hydrogen (secondary N) is 1. The summed E-state index contributed by atoms with van der Waals surface area (Å²) in [4.78, 5) is 19.1. The van der Waals surface area contributed by atoms with Crippen molar-refractivity contribution in [2.45, 2.75) is 19.0 Å². The lowest BCUT2D eigenvalue weighted by molar-refractivity contribution is -0.129. The van der Waals surface area contributed by atoms with E-state index in [-0.39, 0.29) is 11.9 Å². The Bertz CT molecular complexity index is 1020. The van der Waals surface area contributed by atoms with E-state index < -0.39 is 0 Å². The monoisotopic (exact) mass is 417 g/mol. The number of hydrogen-bond acceptors (Lipinski definition) is 5. The average Bonchev–Trinajstić information content (AvgIpc) is 2.82. The van der Waals surface area contributed by atoms with Crippen LogP contribution in [0.5, 0.6) is 11.5 Å². The van der Waals surface area contributed by atoms with Gasteiger partial charge in [0, 0.05) is 43.7 Å². The second-order valence-corrected chi connectivity index (χ2v) is 7.60. The summed E-state index contributed by atoms with van der Waals surface area (Å²) in [5.74, 6) is 1.59. The zero-order chi connectivity index (χ0) is 21.6. The number of amides is 1. The molecule has 0 radical (unpaired) electrons. The first-order valence-electron chi connectivity index (χ1n) is 10.4. The van der Waals surface area contributed by atoms with Crippen LogP contribution in [0.4, 0.5) is 0 Å². The zero-order valence-corrected chi connectivity index (χ0v) is 17.9. The quantitative estimate of drug-likeness (QED) is 0.639. The van der Waals surface area contributed by atoms with Crippen molar-refractivity contribution in [2.24, 2.45) is 0 Å². The fourth-order valence-electron chi connectivity index (χ4n) is 3.96. The van der Waals surface area contributed by atoms with Crippen LogP contribution in [0.15, 0.2) is 67.0 Å². The molecule has 1 aliphatic heterocycles. The molecule has 6 nitrogen and oxygen atoms in total. The van der Waals surface area contributed by atoms with Gasteiger partial charge >= 0.3 is 0 Å². The molecule has 0 unspecified atom stereocenters. The van der Waals surface area contributed by atoms with Crippen LogP contribution in [0.3, 0.4) is 0 Å². The molecule has 0 aliphatic carbocycles. The highest BCUT2D eigenvalue weighted by Gasteiger charge is 2.30. The van der Waals surface area contributed by atoms with Gasteiger partial charge in [0.2, 0.25) is 5.91 Å². The van der Waals surface area contributed by atoms with Gasteiger partial charge in [-0.2, -0.15) is 0 Å². The Morgan fingerprint density at radius 2 is 1.90 bits per heavy atom. The van der Waals surface area contributed by atoms with Gasteiger partial charge in [0.05, 0.1) is 20.3 Å². The van der Waals surface area contributed by atoms with Crippen LogP contribution in [-0.2, 0) is 17.8 Å². The average molecular weight is 418 g/mol. The number of piperazine rings is 1. The first-order valence-corrected chi connectivity index (χ1v) is 10.4. The molecule has 2 aromatic carbocycles. The van der Waals surface area contributed by atoms with Crippen molar-refractivity contribution in [1.82, 2.24) is 15.2 Å². The summed E-state index contributed by atoms with van der Waals surface area (Å²) in [6.07, 6.45) is 4.27. The van der Waals surface area contributed by atoms with Crippen molar-refractivity contribution < 1.29 is 14.3 Å². The van der Waals surface area contributed by atoms with E-state index in [0.717, 1.165) is 40.3 Å². The molecular weight excluding hydrogens is 390 g/mol. The number of carbonyl (C=O) groups excluding carboxylic acids is 1. The highest BCUT2D eigenvalue weighted by Crippen LogP contribution is 2.27. The molecule has 160 valence electrons. The normalized spacial score (nSPS) is 16.6. The van der Waals surface area contributed by atoms with Gasteiger partial charge in [0.15, 0.2) is 0 Å². The van der Waals surface area contributed by atoms with E-state index in [2.05, 4.69) is 39.5 Å². The summed E-state index contributed by atoms with van der Waals surface area (Å²) in [6.45, 7) is 2.08. The molecule has 1 N–H and O–H groups in total. The highest BCUT2D eigenvalue weighted by atomic mass is 16.5. The maximum Gasteiger partial charge on any atom is 0.237 e. The molecule has 31 heavy (non-hydrogen) atoms. The summed E-state index contributed by atoms with van der Waals surface area (Å²) >= 11 is 0. The minimum absolute atomic E-state index is 0.0649. The molecule has 1 atom stereocenters. The number of hydrogen-bond donors (Lipinski definition) is 1. The number of carbonyl (C=O) groups is 1. The van der Waals surface area contributed by atoms with E-state index in [1.165, 1.54) is 0 Å². The Kier molecular flexibility index (Phi) is 6.48. The third-order valence-electron chi connectivity index (χ3n) is 5.69. The molecule has 4 rings (SSSR count). The van der Waals surface area contributed by atoms with Crippen LogP contribution >= 0.6 is 0 Å². The number of methoxy groups -OCH3 is 2. The molecule has 1 amide bonds. The third kappa shape index (κ3) is 4.86. The second kappa shape index (κ2) is 9.62. The van der Waals surface area contributed by atoms with Crippen LogP contribution in [0.2, 0.25) is 0 Å². The van der Waals surface area contributed by atoms with Crippen molar-refractivity contribution >= 4 is 5.91 Å². The van der Waals surface area contributed by atoms with E-state index in [9.17, 15) is 4.79 Å². The van der Waals surface area contributed by atoms with Gasteiger partial charge in [0.1, 0.15) is 11.5 Å². The molecule has 1 aliphatic rings. The summed E-state index contributed by atoms with van der Waals surface area (Å²) in [5, 5.41) is 3.01. The Labute approximate surface area is 182 Å². The zero-order valence-electron chi connectivity index (χ0n) is 17.9. The lowest BCUT2D eigenvalue weighted by Crippen LogP contribution is -2.55.